The van der Waals surface area contributed by atoms with E-state index in [2.05, 4.69) is 46.4 Å². The van der Waals surface area contributed by atoms with Crippen LogP contribution >= 0.6 is 27.7 Å². The van der Waals surface area contributed by atoms with Crippen LogP contribution in [0.1, 0.15) is 32.3 Å². The van der Waals surface area contributed by atoms with Gasteiger partial charge < -0.3 is 10.4 Å². The van der Waals surface area contributed by atoms with E-state index < -0.39 is 0 Å². The van der Waals surface area contributed by atoms with Crippen molar-refractivity contribution in [3.63, 3.8) is 0 Å². The summed E-state index contributed by atoms with van der Waals surface area (Å²) in [4.78, 5) is 1.26. The van der Waals surface area contributed by atoms with Gasteiger partial charge in [-0.2, -0.15) is 0 Å². The standard InChI is InChI=1S/C14H20BrNOS/c1-9(17)10(2)18-14-7-12(15)4-3-11(14)8-16-13-5-6-13/h3-4,7,9-10,13,16-17H,5-6,8H2,1-2H3. The highest BCUT2D eigenvalue weighted by molar-refractivity contribution is 9.10. The third kappa shape index (κ3) is 4.26. The van der Waals surface area contributed by atoms with Gasteiger partial charge in [0, 0.05) is 27.2 Å². The molecule has 2 nitrogen and oxygen atoms in total. The molecule has 0 aromatic heterocycles. The fraction of sp³-hybridized carbons (Fsp3) is 0.571. The molecule has 2 rings (SSSR count). The normalized spacial score (nSPS) is 18.7. The summed E-state index contributed by atoms with van der Waals surface area (Å²) >= 11 is 5.26. The maximum absolute atomic E-state index is 9.62. The summed E-state index contributed by atoms with van der Waals surface area (Å²) in [6, 6.07) is 7.12. The molecule has 1 saturated carbocycles. The Kier molecular flexibility index (Phi) is 5.13. The van der Waals surface area contributed by atoms with Gasteiger partial charge in [0.1, 0.15) is 0 Å². The molecule has 0 radical (unpaired) electrons. The fourth-order valence-electron chi connectivity index (χ4n) is 1.62. The van der Waals surface area contributed by atoms with Crippen LogP contribution in [0.4, 0.5) is 0 Å². The van der Waals surface area contributed by atoms with Gasteiger partial charge in [-0.15, -0.1) is 11.8 Å². The molecule has 100 valence electrons. The largest absolute Gasteiger partial charge is 0.392 e. The summed E-state index contributed by atoms with van der Waals surface area (Å²) in [6.45, 7) is 4.83. The van der Waals surface area contributed by atoms with Crippen molar-refractivity contribution in [1.29, 1.82) is 0 Å². The molecule has 1 aromatic carbocycles. The lowest BCUT2D eigenvalue weighted by Crippen LogP contribution is -2.18. The van der Waals surface area contributed by atoms with Crippen molar-refractivity contribution < 1.29 is 5.11 Å². The fourth-order valence-corrected chi connectivity index (χ4v) is 3.22. The van der Waals surface area contributed by atoms with Gasteiger partial charge >= 0.3 is 0 Å². The van der Waals surface area contributed by atoms with E-state index in [0.29, 0.717) is 0 Å². The lowest BCUT2D eigenvalue weighted by molar-refractivity contribution is 0.196. The second-order valence-electron chi connectivity index (χ2n) is 4.97. The molecule has 1 fully saturated rings. The number of rotatable bonds is 6. The van der Waals surface area contributed by atoms with Gasteiger partial charge in [-0.3, -0.25) is 0 Å². The zero-order chi connectivity index (χ0) is 13.1. The van der Waals surface area contributed by atoms with Gasteiger partial charge in [-0.1, -0.05) is 28.9 Å². The highest BCUT2D eigenvalue weighted by Crippen LogP contribution is 2.31. The van der Waals surface area contributed by atoms with Crippen molar-refractivity contribution >= 4 is 27.7 Å². The van der Waals surface area contributed by atoms with Gasteiger partial charge in [0.05, 0.1) is 6.10 Å². The predicted molar refractivity (Wildman–Crippen MR) is 81.0 cm³/mol. The lowest BCUT2D eigenvalue weighted by Gasteiger charge is -2.17. The molecule has 0 aliphatic heterocycles. The van der Waals surface area contributed by atoms with Crippen LogP contribution in [0.3, 0.4) is 0 Å². The molecule has 18 heavy (non-hydrogen) atoms. The van der Waals surface area contributed by atoms with Crippen LogP contribution in [-0.2, 0) is 6.54 Å². The minimum atomic E-state index is -0.293. The summed E-state index contributed by atoms with van der Waals surface area (Å²) in [5.41, 5.74) is 1.32. The highest BCUT2D eigenvalue weighted by Gasteiger charge is 2.21. The molecule has 1 aliphatic carbocycles. The second kappa shape index (κ2) is 6.42. The first-order chi connectivity index (χ1) is 8.56. The number of thioether (sulfide) groups is 1. The van der Waals surface area contributed by atoms with Crippen molar-refractivity contribution in [2.24, 2.45) is 0 Å². The van der Waals surface area contributed by atoms with Crippen molar-refractivity contribution in [2.75, 3.05) is 0 Å². The average molecular weight is 330 g/mol. The minimum absolute atomic E-state index is 0.207. The van der Waals surface area contributed by atoms with E-state index in [0.717, 1.165) is 17.1 Å². The van der Waals surface area contributed by atoms with E-state index in [1.165, 1.54) is 23.3 Å². The molecule has 0 bridgehead atoms. The Morgan fingerprint density at radius 3 is 2.78 bits per heavy atom. The Labute approximate surface area is 122 Å². The molecule has 4 heteroatoms. The quantitative estimate of drug-likeness (QED) is 0.782. The zero-order valence-electron chi connectivity index (χ0n) is 10.8. The minimum Gasteiger partial charge on any atom is -0.392 e. The molecular weight excluding hydrogens is 310 g/mol. The number of halogens is 1. The van der Waals surface area contributed by atoms with Crippen LogP contribution in [0.5, 0.6) is 0 Å². The van der Waals surface area contributed by atoms with Crippen LogP contribution in [-0.4, -0.2) is 22.5 Å². The monoisotopic (exact) mass is 329 g/mol. The summed E-state index contributed by atoms with van der Waals surface area (Å²) in [7, 11) is 0. The number of hydrogen-bond donors (Lipinski definition) is 2. The van der Waals surface area contributed by atoms with Crippen LogP contribution in [0.15, 0.2) is 27.6 Å². The Bertz CT molecular complexity index is 407. The van der Waals surface area contributed by atoms with Gasteiger partial charge in [0.15, 0.2) is 0 Å². The van der Waals surface area contributed by atoms with Crippen molar-refractivity contribution in [3.8, 4) is 0 Å². The highest BCUT2D eigenvalue weighted by atomic mass is 79.9. The summed E-state index contributed by atoms with van der Waals surface area (Å²) in [5, 5.41) is 13.4. The summed E-state index contributed by atoms with van der Waals surface area (Å²) < 4.78 is 1.10. The predicted octanol–water partition coefficient (Wildman–Crippen LogP) is 3.56. The maximum atomic E-state index is 9.62. The number of benzene rings is 1. The van der Waals surface area contributed by atoms with Crippen molar-refractivity contribution in [2.45, 2.75) is 55.5 Å². The number of aliphatic hydroxyl groups is 1. The molecule has 0 saturated heterocycles. The topological polar surface area (TPSA) is 32.3 Å². The maximum Gasteiger partial charge on any atom is 0.0631 e. The lowest BCUT2D eigenvalue weighted by atomic mass is 10.2. The molecular formula is C14H20BrNOS. The van der Waals surface area contributed by atoms with Crippen LogP contribution < -0.4 is 5.32 Å². The molecule has 0 spiro atoms. The molecule has 1 aromatic rings. The third-order valence-corrected chi connectivity index (χ3v) is 5.07. The number of nitrogens with one attached hydrogen (secondary N) is 1. The Morgan fingerprint density at radius 2 is 2.17 bits per heavy atom. The first-order valence-corrected chi connectivity index (χ1v) is 8.10. The van der Waals surface area contributed by atoms with E-state index in [1.54, 1.807) is 11.8 Å². The van der Waals surface area contributed by atoms with Gasteiger partial charge in [-0.05, 0) is 37.5 Å². The van der Waals surface area contributed by atoms with Crippen LogP contribution in [0.25, 0.3) is 0 Å². The Hall–Kier alpha value is -0.0300. The summed E-state index contributed by atoms with van der Waals surface area (Å²) in [6.07, 6.45) is 2.32. The summed E-state index contributed by atoms with van der Waals surface area (Å²) in [5.74, 6) is 0. The first kappa shape index (κ1) is 14.4. The average Bonchev–Trinajstić information content (AvgIpc) is 3.11. The van der Waals surface area contributed by atoms with Gasteiger partial charge in [0.2, 0.25) is 0 Å². The Balaban J connectivity index is 2.06. The van der Waals surface area contributed by atoms with Crippen LogP contribution in [0.2, 0.25) is 0 Å². The zero-order valence-corrected chi connectivity index (χ0v) is 13.2. The molecule has 0 heterocycles. The first-order valence-electron chi connectivity index (χ1n) is 6.43. The van der Waals surface area contributed by atoms with Crippen molar-refractivity contribution in [3.05, 3.63) is 28.2 Å². The van der Waals surface area contributed by atoms with Gasteiger partial charge in [0.25, 0.3) is 0 Å². The van der Waals surface area contributed by atoms with E-state index in [1.807, 2.05) is 6.92 Å². The SMILES string of the molecule is CC(O)C(C)Sc1cc(Br)ccc1CNC1CC1. The van der Waals surface area contributed by atoms with E-state index in [4.69, 9.17) is 0 Å². The number of hydrogen-bond acceptors (Lipinski definition) is 3. The van der Waals surface area contributed by atoms with Crippen LogP contribution in [0, 0.1) is 0 Å². The van der Waals surface area contributed by atoms with Crippen molar-refractivity contribution in [1.82, 2.24) is 5.32 Å². The van der Waals surface area contributed by atoms with E-state index in [-0.39, 0.29) is 11.4 Å². The Morgan fingerprint density at radius 1 is 1.44 bits per heavy atom. The van der Waals surface area contributed by atoms with E-state index >= 15 is 0 Å². The molecule has 2 unspecified atom stereocenters. The third-order valence-electron chi connectivity index (χ3n) is 3.18. The van der Waals surface area contributed by atoms with Gasteiger partial charge in [-0.25, -0.2) is 0 Å². The van der Waals surface area contributed by atoms with E-state index in [9.17, 15) is 5.11 Å². The smallest absolute Gasteiger partial charge is 0.0631 e. The molecule has 2 N–H and O–H groups in total. The second-order valence-corrected chi connectivity index (χ2v) is 7.31. The molecule has 2 atom stereocenters. The number of aliphatic hydroxyl groups excluding tert-OH is 1. The molecule has 1 aliphatic rings. The molecule has 0 amide bonds.